The maximum Gasteiger partial charge on any atom is 0.249 e. The zero-order valence-corrected chi connectivity index (χ0v) is 20.3. The monoisotopic (exact) mass is 547 g/mol. The molecule has 0 heterocycles. The second-order valence-electron chi connectivity index (χ2n) is 6.91. The van der Waals surface area contributed by atoms with Crippen LogP contribution in [0.1, 0.15) is 17.5 Å². The highest BCUT2D eigenvalue weighted by molar-refractivity contribution is 9.10. The fraction of sp³-hybridized carbons (Fsp3) is 0.125. The summed E-state index contributed by atoms with van der Waals surface area (Å²) in [6, 6.07) is 16.4. The Morgan fingerprint density at radius 3 is 2.59 bits per heavy atom. The van der Waals surface area contributed by atoms with E-state index in [1.807, 2.05) is 18.2 Å². The molecule has 34 heavy (non-hydrogen) atoms. The molecule has 0 aliphatic rings. The molecule has 176 valence electrons. The molecule has 0 unspecified atom stereocenters. The van der Waals surface area contributed by atoms with Gasteiger partial charge in [-0.2, -0.15) is 5.10 Å². The molecule has 0 bridgehead atoms. The molecule has 0 fully saturated rings. The van der Waals surface area contributed by atoms with Gasteiger partial charge < -0.3 is 14.8 Å². The lowest BCUT2D eigenvalue weighted by atomic mass is 10.2. The maximum absolute atomic E-state index is 13.6. The highest BCUT2D eigenvalue weighted by Gasteiger charge is 2.13. The number of benzene rings is 3. The summed E-state index contributed by atoms with van der Waals surface area (Å²) in [7, 11) is 1.50. The SMILES string of the molecule is COc1cc(C=NNC(=O)CC(=O)Nc2ccccc2F)cc(Br)c1OCc1ccccc1Cl. The number of anilines is 1. The van der Waals surface area contributed by atoms with Crippen LogP contribution in [0, 0.1) is 5.82 Å². The van der Waals surface area contributed by atoms with E-state index in [0.717, 1.165) is 5.56 Å². The number of hydrazone groups is 1. The lowest BCUT2D eigenvalue weighted by Gasteiger charge is -2.14. The minimum absolute atomic E-state index is 0.00223. The van der Waals surface area contributed by atoms with Crippen LogP contribution < -0.4 is 20.2 Å². The summed E-state index contributed by atoms with van der Waals surface area (Å²) in [5, 5.41) is 6.79. The standard InChI is InChI=1S/C24H20BrClFN3O4/c1-33-21-11-15(10-17(25)24(21)34-14-16-6-2-3-7-18(16)26)13-28-30-23(32)12-22(31)29-20-9-5-4-8-19(20)27/h2-11,13H,12,14H2,1H3,(H,29,31)(H,30,32). The lowest BCUT2D eigenvalue weighted by molar-refractivity contribution is -0.126. The van der Waals surface area contributed by atoms with Gasteiger partial charge >= 0.3 is 0 Å². The quantitative estimate of drug-likeness (QED) is 0.216. The van der Waals surface area contributed by atoms with Crippen molar-refractivity contribution in [2.75, 3.05) is 12.4 Å². The van der Waals surface area contributed by atoms with Gasteiger partial charge in [-0.15, -0.1) is 0 Å². The first kappa shape index (κ1) is 25.2. The van der Waals surface area contributed by atoms with Crippen molar-refractivity contribution in [1.82, 2.24) is 5.43 Å². The highest BCUT2D eigenvalue weighted by Crippen LogP contribution is 2.37. The number of hydrogen-bond acceptors (Lipinski definition) is 5. The molecule has 0 spiro atoms. The van der Waals surface area contributed by atoms with Gasteiger partial charge in [-0.1, -0.05) is 41.9 Å². The van der Waals surface area contributed by atoms with Crippen molar-refractivity contribution < 1.29 is 23.5 Å². The molecule has 10 heteroatoms. The number of rotatable bonds is 9. The molecule has 0 atom stereocenters. The van der Waals surface area contributed by atoms with Gasteiger partial charge in [0.05, 0.1) is 23.5 Å². The maximum atomic E-state index is 13.6. The average molecular weight is 549 g/mol. The molecule has 3 aromatic rings. The molecule has 0 aliphatic carbocycles. The summed E-state index contributed by atoms with van der Waals surface area (Å²) in [4.78, 5) is 23.9. The van der Waals surface area contributed by atoms with E-state index in [1.54, 1.807) is 24.3 Å². The van der Waals surface area contributed by atoms with E-state index < -0.39 is 24.1 Å². The van der Waals surface area contributed by atoms with Crippen molar-refractivity contribution in [2.45, 2.75) is 13.0 Å². The van der Waals surface area contributed by atoms with Crippen LogP contribution in [0.15, 0.2) is 70.2 Å². The van der Waals surface area contributed by atoms with E-state index in [2.05, 4.69) is 31.8 Å². The third-order valence-corrected chi connectivity index (χ3v) is 5.41. The van der Waals surface area contributed by atoms with E-state index in [0.29, 0.717) is 26.6 Å². The van der Waals surface area contributed by atoms with Crippen molar-refractivity contribution in [3.63, 3.8) is 0 Å². The Balaban J connectivity index is 1.58. The molecule has 0 aromatic heterocycles. The molecule has 0 aliphatic heterocycles. The summed E-state index contributed by atoms with van der Waals surface area (Å²) in [5.74, 6) is -0.988. The number of nitrogens with one attached hydrogen (secondary N) is 2. The van der Waals surface area contributed by atoms with Gasteiger partial charge in [0.2, 0.25) is 11.8 Å². The Bertz CT molecular complexity index is 1220. The van der Waals surface area contributed by atoms with Crippen molar-refractivity contribution >= 4 is 51.2 Å². The first-order valence-electron chi connectivity index (χ1n) is 9.97. The lowest BCUT2D eigenvalue weighted by Crippen LogP contribution is -2.24. The second-order valence-corrected chi connectivity index (χ2v) is 8.17. The zero-order chi connectivity index (χ0) is 24.5. The number of methoxy groups -OCH3 is 1. The zero-order valence-electron chi connectivity index (χ0n) is 18.0. The van der Waals surface area contributed by atoms with Crippen LogP contribution in [-0.2, 0) is 16.2 Å². The molecule has 3 aromatic carbocycles. The predicted octanol–water partition coefficient (Wildman–Crippen LogP) is 5.31. The third kappa shape index (κ3) is 7.03. The summed E-state index contributed by atoms with van der Waals surface area (Å²) < 4.78 is 25.5. The number of hydrogen-bond donors (Lipinski definition) is 2. The fourth-order valence-corrected chi connectivity index (χ4v) is 3.61. The molecule has 0 radical (unpaired) electrons. The Kier molecular flexibility index (Phi) is 9.00. The van der Waals surface area contributed by atoms with E-state index in [-0.39, 0.29) is 12.3 Å². The average Bonchev–Trinajstić information content (AvgIpc) is 2.80. The minimum atomic E-state index is -0.665. The van der Waals surface area contributed by atoms with Gasteiger partial charge in [0.1, 0.15) is 18.8 Å². The summed E-state index contributed by atoms with van der Waals surface area (Å²) in [5.41, 5.74) is 3.68. The van der Waals surface area contributed by atoms with Crippen molar-refractivity contribution in [2.24, 2.45) is 5.10 Å². The van der Waals surface area contributed by atoms with E-state index in [9.17, 15) is 14.0 Å². The van der Waals surface area contributed by atoms with Gasteiger partial charge in [0.25, 0.3) is 0 Å². The van der Waals surface area contributed by atoms with Crippen molar-refractivity contribution in [3.05, 3.63) is 87.1 Å². The Morgan fingerprint density at radius 2 is 1.85 bits per heavy atom. The van der Waals surface area contributed by atoms with Crippen LogP contribution in [0.25, 0.3) is 0 Å². The Hall–Kier alpha value is -3.43. The Labute approximate surface area is 209 Å². The number of carbonyl (C=O) groups excluding carboxylic acids is 2. The number of nitrogens with zero attached hydrogens (tertiary/aromatic N) is 1. The van der Waals surface area contributed by atoms with Crippen LogP contribution in [0.3, 0.4) is 0 Å². The third-order valence-electron chi connectivity index (χ3n) is 4.45. The van der Waals surface area contributed by atoms with Crippen LogP contribution >= 0.6 is 27.5 Å². The first-order chi connectivity index (χ1) is 16.4. The fourth-order valence-electron chi connectivity index (χ4n) is 2.84. The number of halogens is 3. The normalized spacial score (nSPS) is 10.7. The van der Waals surface area contributed by atoms with E-state index in [4.69, 9.17) is 21.1 Å². The molecule has 2 N–H and O–H groups in total. The summed E-state index contributed by atoms with van der Waals surface area (Å²) in [6.07, 6.45) is 0.866. The molecule has 0 saturated heterocycles. The minimum Gasteiger partial charge on any atom is -0.493 e. The van der Waals surface area contributed by atoms with Crippen LogP contribution in [0.5, 0.6) is 11.5 Å². The molecule has 0 saturated carbocycles. The van der Waals surface area contributed by atoms with Gasteiger partial charge in [0, 0.05) is 10.6 Å². The van der Waals surface area contributed by atoms with Crippen LogP contribution in [0.4, 0.5) is 10.1 Å². The molecule has 7 nitrogen and oxygen atoms in total. The number of amides is 2. The number of carbonyl (C=O) groups is 2. The smallest absolute Gasteiger partial charge is 0.249 e. The predicted molar refractivity (Wildman–Crippen MR) is 132 cm³/mol. The Morgan fingerprint density at radius 1 is 1.12 bits per heavy atom. The van der Waals surface area contributed by atoms with Crippen LogP contribution in [0.2, 0.25) is 5.02 Å². The first-order valence-corrected chi connectivity index (χ1v) is 11.1. The van der Waals surface area contributed by atoms with Crippen molar-refractivity contribution in [3.8, 4) is 11.5 Å². The summed E-state index contributed by atoms with van der Waals surface area (Å²) >= 11 is 9.63. The van der Waals surface area contributed by atoms with Gasteiger partial charge in [-0.25, -0.2) is 9.82 Å². The second kappa shape index (κ2) is 12.2. The van der Waals surface area contributed by atoms with Crippen molar-refractivity contribution in [1.29, 1.82) is 0 Å². The molecule has 2 amide bonds. The van der Waals surface area contributed by atoms with Crippen LogP contribution in [-0.4, -0.2) is 25.1 Å². The topological polar surface area (TPSA) is 89.0 Å². The van der Waals surface area contributed by atoms with Gasteiger partial charge in [0.15, 0.2) is 11.5 Å². The molecular formula is C24H20BrClFN3O4. The largest absolute Gasteiger partial charge is 0.493 e. The molecule has 3 rings (SSSR count). The number of para-hydroxylation sites is 1. The van der Waals surface area contributed by atoms with Gasteiger partial charge in [-0.3, -0.25) is 9.59 Å². The van der Waals surface area contributed by atoms with E-state index >= 15 is 0 Å². The number of ether oxygens (including phenoxy) is 2. The highest BCUT2D eigenvalue weighted by atomic mass is 79.9. The van der Waals surface area contributed by atoms with E-state index in [1.165, 1.54) is 31.5 Å². The van der Waals surface area contributed by atoms with Gasteiger partial charge in [-0.05, 0) is 51.8 Å². The summed E-state index contributed by atoms with van der Waals surface area (Å²) in [6.45, 7) is 0.243. The molecular weight excluding hydrogens is 529 g/mol.